The molecule has 0 fully saturated rings. The number of nitrogens with zero attached hydrogens (tertiary/aromatic N) is 2. The van der Waals surface area contributed by atoms with Gasteiger partial charge in [-0.15, -0.1) is 5.10 Å². The fourth-order valence-electron chi connectivity index (χ4n) is 0.705. The van der Waals surface area contributed by atoms with Crippen LogP contribution in [0.1, 0.15) is 20.3 Å². The third kappa shape index (κ3) is 2.66. The van der Waals surface area contributed by atoms with Gasteiger partial charge < -0.3 is 4.74 Å². The van der Waals surface area contributed by atoms with E-state index < -0.39 is 0 Å². The number of rotatable bonds is 3. The molecule has 1 atom stereocenters. The first-order valence-electron chi connectivity index (χ1n) is 3.87. The zero-order valence-electron chi connectivity index (χ0n) is 7.12. The van der Waals surface area contributed by atoms with E-state index in [0.29, 0.717) is 10.9 Å². The van der Waals surface area contributed by atoms with Crippen LogP contribution in [0.5, 0.6) is 5.75 Å². The minimum absolute atomic E-state index is 0.185. The van der Waals surface area contributed by atoms with Crippen LogP contribution < -0.4 is 4.74 Å². The lowest BCUT2D eigenvalue weighted by Gasteiger charge is -2.11. The van der Waals surface area contributed by atoms with Crippen molar-refractivity contribution in [3.63, 3.8) is 0 Å². The third-order valence-electron chi connectivity index (χ3n) is 1.51. The Morgan fingerprint density at radius 3 is 3.00 bits per heavy atom. The van der Waals surface area contributed by atoms with Crippen molar-refractivity contribution in [2.75, 3.05) is 0 Å². The molecule has 0 bridgehead atoms. The monoisotopic (exact) mass is 186 g/mol. The van der Waals surface area contributed by atoms with Gasteiger partial charge in [0.2, 0.25) is 0 Å². The van der Waals surface area contributed by atoms with Crippen LogP contribution in [0.25, 0.3) is 0 Å². The molecule has 1 aromatic rings. The lowest BCUT2D eigenvalue weighted by Crippen LogP contribution is -2.09. The van der Waals surface area contributed by atoms with E-state index in [9.17, 15) is 0 Å². The molecule has 0 saturated heterocycles. The molecule has 1 rings (SSSR count). The smallest absolute Gasteiger partial charge is 0.155 e. The van der Waals surface area contributed by atoms with E-state index in [2.05, 4.69) is 17.1 Å². The summed E-state index contributed by atoms with van der Waals surface area (Å²) in [5.74, 6) is 0.671. The molecule has 0 spiro atoms. The Kier molecular flexibility index (Phi) is 3.29. The van der Waals surface area contributed by atoms with E-state index in [1.165, 1.54) is 0 Å². The second-order valence-electron chi connectivity index (χ2n) is 2.55. The van der Waals surface area contributed by atoms with Gasteiger partial charge in [0.05, 0.1) is 12.3 Å². The van der Waals surface area contributed by atoms with Crippen molar-refractivity contribution in [1.82, 2.24) is 10.2 Å². The zero-order valence-corrected chi connectivity index (χ0v) is 7.88. The Labute approximate surface area is 76.7 Å². The predicted octanol–water partition coefficient (Wildman–Crippen LogP) is 2.31. The molecule has 1 aromatic heterocycles. The van der Waals surface area contributed by atoms with Crippen LogP contribution in [0.4, 0.5) is 0 Å². The lowest BCUT2D eigenvalue weighted by atomic mass is 10.3. The number of hydrogen-bond donors (Lipinski definition) is 0. The minimum atomic E-state index is 0.185. The van der Waals surface area contributed by atoms with Gasteiger partial charge in [-0.1, -0.05) is 18.5 Å². The van der Waals surface area contributed by atoms with E-state index in [0.717, 1.165) is 6.42 Å². The molecule has 0 radical (unpaired) electrons. The molecule has 4 heteroatoms. The SMILES string of the molecule is CC[C@H](C)Oc1cnnc(Cl)c1. The molecule has 0 amide bonds. The number of halogens is 1. The molecule has 0 N–H and O–H groups in total. The van der Waals surface area contributed by atoms with Crippen molar-refractivity contribution in [2.45, 2.75) is 26.4 Å². The van der Waals surface area contributed by atoms with Gasteiger partial charge in [0.1, 0.15) is 5.75 Å². The fourth-order valence-corrected chi connectivity index (χ4v) is 0.856. The van der Waals surface area contributed by atoms with E-state index in [1.807, 2.05) is 6.92 Å². The van der Waals surface area contributed by atoms with Gasteiger partial charge >= 0.3 is 0 Å². The largest absolute Gasteiger partial charge is 0.489 e. The summed E-state index contributed by atoms with van der Waals surface area (Å²) < 4.78 is 5.46. The summed E-state index contributed by atoms with van der Waals surface area (Å²) in [7, 11) is 0. The van der Waals surface area contributed by atoms with E-state index in [1.54, 1.807) is 12.3 Å². The molecule has 3 nitrogen and oxygen atoms in total. The highest BCUT2D eigenvalue weighted by Crippen LogP contribution is 2.14. The Morgan fingerprint density at radius 1 is 1.67 bits per heavy atom. The molecular weight excluding hydrogens is 176 g/mol. The van der Waals surface area contributed by atoms with Crippen LogP contribution >= 0.6 is 11.6 Å². The molecule has 66 valence electrons. The van der Waals surface area contributed by atoms with Gasteiger partial charge in [-0.05, 0) is 13.3 Å². The Morgan fingerprint density at radius 2 is 2.42 bits per heavy atom. The third-order valence-corrected chi connectivity index (χ3v) is 1.70. The van der Waals surface area contributed by atoms with E-state index >= 15 is 0 Å². The maximum absolute atomic E-state index is 5.62. The number of aromatic nitrogens is 2. The number of hydrogen-bond acceptors (Lipinski definition) is 3. The molecule has 12 heavy (non-hydrogen) atoms. The molecule has 0 aromatic carbocycles. The standard InChI is InChI=1S/C8H11ClN2O/c1-3-6(2)12-7-4-8(9)11-10-5-7/h4-6H,3H2,1-2H3/t6-/m0/s1. The van der Waals surface area contributed by atoms with Crippen molar-refractivity contribution < 1.29 is 4.74 Å². The summed E-state index contributed by atoms with van der Waals surface area (Å²) in [5.41, 5.74) is 0. The summed E-state index contributed by atoms with van der Waals surface area (Å²) in [6.45, 7) is 4.05. The summed E-state index contributed by atoms with van der Waals surface area (Å²) in [4.78, 5) is 0. The summed E-state index contributed by atoms with van der Waals surface area (Å²) in [6, 6.07) is 1.65. The van der Waals surface area contributed by atoms with Crippen LogP contribution in [0.2, 0.25) is 5.15 Å². The van der Waals surface area contributed by atoms with Crippen molar-refractivity contribution in [3.8, 4) is 5.75 Å². The second-order valence-corrected chi connectivity index (χ2v) is 2.94. The molecule has 0 saturated carbocycles. The summed E-state index contributed by atoms with van der Waals surface area (Å²) >= 11 is 5.62. The zero-order chi connectivity index (χ0) is 8.97. The fraction of sp³-hybridized carbons (Fsp3) is 0.500. The topological polar surface area (TPSA) is 35.0 Å². The second kappa shape index (κ2) is 4.26. The molecule has 0 aliphatic rings. The van der Waals surface area contributed by atoms with Crippen molar-refractivity contribution in [1.29, 1.82) is 0 Å². The van der Waals surface area contributed by atoms with Gasteiger partial charge in [-0.2, -0.15) is 5.10 Å². The normalized spacial score (nSPS) is 12.6. The molecule has 0 unspecified atom stereocenters. The first-order valence-corrected chi connectivity index (χ1v) is 4.25. The van der Waals surface area contributed by atoms with Gasteiger partial charge in [0, 0.05) is 6.07 Å². The van der Waals surface area contributed by atoms with Crippen LogP contribution in [0.15, 0.2) is 12.3 Å². The van der Waals surface area contributed by atoms with Crippen LogP contribution in [-0.4, -0.2) is 16.3 Å². The summed E-state index contributed by atoms with van der Waals surface area (Å²) in [5, 5.41) is 7.63. The number of ether oxygens (including phenoxy) is 1. The Bertz CT molecular complexity index is 255. The highest BCUT2D eigenvalue weighted by Gasteiger charge is 2.01. The minimum Gasteiger partial charge on any atom is -0.489 e. The molecule has 0 aliphatic carbocycles. The maximum atomic E-state index is 5.62. The average molecular weight is 187 g/mol. The van der Waals surface area contributed by atoms with Crippen molar-refractivity contribution >= 4 is 11.6 Å². The quantitative estimate of drug-likeness (QED) is 0.727. The molecular formula is C8H11ClN2O. The van der Waals surface area contributed by atoms with Gasteiger partial charge in [0.25, 0.3) is 0 Å². The Balaban J connectivity index is 2.63. The highest BCUT2D eigenvalue weighted by molar-refractivity contribution is 6.29. The first-order chi connectivity index (χ1) is 5.72. The highest BCUT2D eigenvalue weighted by atomic mass is 35.5. The predicted molar refractivity (Wildman–Crippen MR) is 47.4 cm³/mol. The first kappa shape index (κ1) is 9.26. The summed E-state index contributed by atoms with van der Waals surface area (Å²) in [6.07, 6.45) is 2.70. The molecule has 1 heterocycles. The maximum Gasteiger partial charge on any atom is 0.155 e. The van der Waals surface area contributed by atoms with Gasteiger partial charge in [0.15, 0.2) is 5.15 Å². The van der Waals surface area contributed by atoms with Crippen LogP contribution in [0.3, 0.4) is 0 Å². The molecule has 0 aliphatic heterocycles. The van der Waals surface area contributed by atoms with Crippen LogP contribution in [-0.2, 0) is 0 Å². The van der Waals surface area contributed by atoms with Gasteiger partial charge in [-0.3, -0.25) is 0 Å². The van der Waals surface area contributed by atoms with Crippen molar-refractivity contribution in [3.05, 3.63) is 17.4 Å². The van der Waals surface area contributed by atoms with Crippen molar-refractivity contribution in [2.24, 2.45) is 0 Å². The van der Waals surface area contributed by atoms with E-state index in [-0.39, 0.29) is 6.10 Å². The van der Waals surface area contributed by atoms with E-state index in [4.69, 9.17) is 16.3 Å². The van der Waals surface area contributed by atoms with Gasteiger partial charge in [-0.25, -0.2) is 0 Å². The Hall–Kier alpha value is -0.830. The van der Waals surface area contributed by atoms with Crippen LogP contribution in [0, 0.1) is 0 Å². The lowest BCUT2D eigenvalue weighted by molar-refractivity contribution is 0.216. The average Bonchev–Trinajstić information content (AvgIpc) is 2.04.